The van der Waals surface area contributed by atoms with Crippen LogP contribution in [-0.4, -0.2) is 74.3 Å². The number of carbonyl (C=O) groups is 1. The van der Waals surface area contributed by atoms with Gasteiger partial charge in [0.1, 0.15) is 17.9 Å². The number of fused-ring (bicyclic) bond motifs is 1. The molecule has 2 fully saturated rings. The molecule has 7 heteroatoms. The quantitative estimate of drug-likeness (QED) is 0.452. The number of hydrogen-bond acceptors (Lipinski definition) is 6. The summed E-state index contributed by atoms with van der Waals surface area (Å²) in [5.41, 5.74) is -1.16. The zero-order valence-corrected chi connectivity index (χ0v) is 19.4. The van der Waals surface area contributed by atoms with Crippen LogP contribution in [-0.2, 0) is 14.9 Å². The number of carbonyl (C=O) groups excluding carboxylic acids is 1. The van der Waals surface area contributed by atoms with Crippen molar-refractivity contribution in [2.24, 2.45) is 5.41 Å². The third-order valence-corrected chi connectivity index (χ3v) is 8.91. The molecule has 0 bridgehead atoms. The number of quaternary nitrogens is 1. The minimum Gasteiger partial charge on any atom is -0.497 e. The second-order valence-electron chi connectivity index (χ2n) is 10.1. The van der Waals surface area contributed by atoms with Crippen LogP contribution >= 0.6 is 0 Å². The van der Waals surface area contributed by atoms with E-state index < -0.39 is 34.5 Å². The average Bonchev–Trinajstić information content (AvgIpc) is 3.32. The third kappa shape index (κ3) is 2.34. The number of nitrogens with zero attached hydrogens (tertiary/aromatic N) is 1. The lowest BCUT2D eigenvalue weighted by atomic mass is 9.47. The number of esters is 1. The van der Waals surface area contributed by atoms with E-state index in [4.69, 9.17) is 9.47 Å². The Morgan fingerprint density at radius 3 is 2.81 bits per heavy atom. The van der Waals surface area contributed by atoms with Crippen molar-refractivity contribution < 1.29 is 29.4 Å². The maximum Gasteiger partial charge on any atom is 0.342 e. The van der Waals surface area contributed by atoms with Gasteiger partial charge in [0.05, 0.1) is 44.2 Å². The summed E-state index contributed by atoms with van der Waals surface area (Å²) in [4.78, 5) is 16.7. The average molecular weight is 444 g/mol. The van der Waals surface area contributed by atoms with E-state index in [1.165, 1.54) is 12.0 Å². The number of unbranched alkanes of at least 4 members (excludes halogenated alkanes) is 1. The predicted octanol–water partition coefficient (Wildman–Crippen LogP) is 0.434. The Morgan fingerprint density at radius 1 is 1.34 bits per heavy atom. The molecule has 1 aromatic rings. The molecule has 1 aliphatic carbocycles. The first-order valence-electron chi connectivity index (χ1n) is 11.8. The summed E-state index contributed by atoms with van der Waals surface area (Å²) >= 11 is 0. The number of aliphatic hydroxyl groups is 2. The molecule has 3 heterocycles. The van der Waals surface area contributed by atoms with Gasteiger partial charge < -0.3 is 29.5 Å². The predicted molar refractivity (Wildman–Crippen MR) is 120 cm³/mol. The summed E-state index contributed by atoms with van der Waals surface area (Å²) in [6.45, 7) is 3.96. The summed E-state index contributed by atoms with van der Waals surface area (Å²) in [7, 11) is 4.84. The van der Waals surface area contributed by atoms with Gasteiger partial charge in [0.25, 0.3) is 0 Å². The van der Waals surface area contributed by atoms with Crippen molar-refractivity contribution >= 4 is 11.7 Å². The van der Waals surface area contributed by atoms with Gasteiger partial charge in [-0.2, -0.15) is 0 Å². The molecule has 4 aliphatic rings. The van der Waals surface area contributed by atoms with Crippen molar-refractivity contribution in [3.63, 3.8) is 0 Å². The molecule has 1 unspecified atom stereocenters. The number of hydrogen-bond donors (Lipinski definition) is 3. The Balaban J connectivity index is 1.82. The molecule has 7 nitrogen and oxygen atoms in total. The summed E-state index contributed by atoms with van der Waals surface area (Å²) in [5, 5.41) is 24.2. The number of likely N-dealkylation sites (N-methyl/N-ethyl adjacent to an activating group) is 1. The van der Waals surface area contributed by atoms with Crippen molar-refractivity contribution in [2.75, 3.05) is 39.3 Å². The van der Waals surface area contributed by atoms with Crippen molar-refractivity contribution in [1.82, 2.24) is 0 Å². The molecule has 3 aliphatic heterocycles. The Hall–Kier alpha value is -2.09. The van der Waals surface area contributed by atoms with Gasteiger partial charge in [-0.05, 0) is 24.1 Å². The molecule has 3 N–H and O–H groups in total. The summed E-state index contributed by atoms with van der Waals surface area (Å²) < 4.78 is 10.7. The first kappa shape index (κ1) is 21.7. The number of nitrogens with one attached hydrogen (secondary N) is 1. The third-order valence-electron chi connectivity index (χ3n) is 8.91. The van der Waals surface area contributed by atoms with Crippen LogP contribution in [0.25, 0.3) is 0 Å². The fourth-order valence-electron chi connectivity index (χ4n) is 7.90. The Bertz CT molecular complexity index is 966. The number of aliphatic hydroxyl groups excluding tert-OH is 1. The van der Waals surface area contributed by atoms with Gasteiger partial charge >= 0.3 is 5.97 Å². The van der Waals surface area contributed by atoms with E-state index in [1.807, 2.05) is 24.1 Å². The lowest BCUT2D eigenvalue weighted by molar-refractivity contribution is -0.920. The van der Waals surface area contributed by atoms with Gasteiger partial charge in [0.2, 0.25) is 5.60 Å². The van der Waals surface area contributed by atoms with E-state index in [0.717, 1.165) is 55.8 Å². The SMILES string of the molecule is CCCC[C@]12C=CC[NH+]3CC[C@@]4(c5ccc(OC)cc5N(C)[C@@H]4[C@](O)(C(=O)OC)[C@@H]1O)[C@@H]32. The van der Waals surface area contributed by atoms with E-state index in [2.05, 4.69) is 25.1 Å². The van der Waals surface area contributed by atoms with Gasteiger partial charge in [0.15, 0.2) is 0 Å². The van der Waals surface area contributed by atoms with Gasteiger partial charge in [0, 0.05) is 25.2 Å². The molecule has 32 heavy (non-hydrogen) atoms. The van der Waals surface area contributed by atoms with Crippen molar-refractivity contribution in [3.8, 4) is 5.75 Å². The number of benzene rings is 1. The molecular weight excluding hydrogens is 408 g/mol. The highest BCUT2D eigenvalue weighted by molar-refractivity contribution is 5.86. The lowest BCUT2D eigenvalue weighted by Gasteiger charge is -2.61. The van der Waals surface area contributed by atoms with Crippen LogP contribution in [0.3, 0.4) is 0 Å². The van der Waals surface area contributed by atoms with Crippen LogP contribution < -0.4 is 14.5 Å². The Labute approximate surface area is 189 Å². The van der Waals surface area contributed by atoms with E-state index in [9.17, 15) is 15.0 Å². The summed E-state index contributed by atoms with van der Waals surface area (Å²) in [5.74, 6) is -0.0291. The van der Waals surface area contributed by atoms with Gasteiger partial charge in [-0.1, -0.05) is 31.9 Å². The number of rotatable bonds is 5. The zero-order chi connectivity index (χ0) is 22.9. The largest absolute Gasteiger partial charge is 0.497 e. The second kappa shape index (κ2) is 7.20. The maximum absolute atomic E-state index is 13.3. The summed E-state index contributed by atoms with van der Waals surface area (Å²) in [6, 6.07) is 5.50. The van der Waals surface area contributed by atoms with Gasteiger partial charge in [-0.15, -0.1) is 0 Å². The fourth-order valence-corrected chi connectivity index (χ4v) is 7.90. The molecule has 1 aromatic carbocycles. The molecule has 174 valence electrons. The molecule has 0 radical (unpaired) electrons. The number of methoxy groups -OCH3 is 2. The highest BCUT2D eigenvalue weighted by Crippen LogP contribution is 2.63. The van der Waals surface area contributed by atoms with Crippen LogP contribution in [0.1, 0.15) is 38.2 Å². The van der Waals surface area contributed by atoms with Gasteiger partial charge in [-0.25, -0.2) is 4.79 Å². The van der Waals surface area contributed by atoms with E-state index in [1.54, 1.807) is 7.11 Å². The zero-order valence-electron chi connectivity index (χ0n) is 19.4. The van der Waals surface area contributed by atoms with Crippen molar-refractivity contribution in [1.29, 1.82) is 0 Å². The maximum atomic E-state index is 13.3. The van der Waals surface area contributed by atoms with Gasteiger partial charge in [-0.3, -0.25) is 0 Å². The highest BCUT2D eigenvalue weighted by Gasteiger charge is 2.81. The number of ether oxygens (including phenoxy) is 2. The Kier molecular flexibility index (Phi) is 4.89. The smallest absolute Gasteiger partial charge is 0.342 e. The molecule has 0 amide bonds. The first-order valence-corrected chi connectivity index (χ1v) is 11.8. The lowest BCUT2D eigenvalue weighted by Crippen LogP contribution is -3.18. The Morgan fingerprint density at radius 2 is 2.12 bits per heavy atom. The van der Waals surface area contributed by atoms with Crippen molar-refractivity contribution in [3.05, 3.63) is 35.9 Å². The minimum atomic E-state index is -2.06. The van der Waals surface area contributed by atoms with Crippen LogP contribution in [0.5, 0.6) is 5.75 Å². The second-order valence-corrected chi connectivity index (χ2v) is 10.1. The standard InChI is InChI=1S/C25H34N2O5/c1-5-6-10-23-11-7-13-27-14-12-24(19(23)27)17-9-8-16(31-3)15-18(17)26(2)20(24)25(30,21(23)28)22(29)32-4/h7-9,11,15,19-21,28,30H,5-6,10,12-14H2,1-4H3/p+1/t19-,20-,21+,23+,24+,25+/m0/s1. The van der Waals surface area contributed by atoms with Crippen LogP contribution in [0.15, 0.2) is 30.4 Å². The highest BCUT2D eigenvalue weighted by atomic mass is 16.5. The first-order chi connectivity index (χ1) is 15.3. The minimum absolute atomic E-state index is 0.0635. The summed E-state index contributed by atoms with van der Waals surface area (Å²) in [6.07, 6.45) is 6.43. The van der Waals surface area contributed by atoms with Crippen LogP contribution in [0.4, 0.5) is 5.69 Å². The molecule has 0 aromatic heterocycles. The molecule has 1 saturated heterocycles. The molecule has 1 spiro atoms. The topological polar surface area (TPSA) is 83.7 Å². The van der Waals surface area contributed by atoms with E-state index >= 15 is 0 Å². The molecule has 1 saturated carbocycles. The van der Waals surface area contributed by atoms with E-state index in [-0.39, 0.29) is 6.04 Å². The van der Waals surface area contributed by atoms with E-state index in [0.29, 0.717) is 0 Å². The monoisotopic (exact) mass is 443 g/mol. The molecule has 5 rings (SSSR count). The van der Waals surface area contributed by atoms with Crippen LogP contribution in [0, 0.1) is 5.41 Å². The molecule has 7 atom stereocenters. The van der Waals surface area contributed by atoms with Crippen LogP contribution in [0.2, 0.25) is 0 Å². The fraction of sp³-hybridized carbons (Fsp3) is 0.640. The normalized spacial score (nSPS) is 41.1. The number of anilines is 1. The van der Waals surface area contributed by atoms with Crippen molar-refractivity contribution in [2.45, 2.75) is 61.8 Å². The molecular formula is C25H35N2O5+.